The normalized spacial score (nSPS) is 23.4. The third-order valence-electron chi connectivity index (χ3n) is 4.62. The van der Waals surface area contributed by atoms with E-state index < -0.39 is 0 Å². The summed E-state index contributed by atoms with van der Waals surface area (Å²) in [5.74, 6) is 0. The summed E-state index contributed by atoms with van der Waals surface area (Å²) in [4.78, 5) is 12.9. The number of hydrogen-bond donors (Lipinski definition) is 2. The molecular weight excluding hydrogens is 250 g/mol. The van der Waals surface area contributed by atoms with Gasteiger partial charge in [0.15, 0.2) is 0 Å². The van der Waals surface area contributed by atoms with Crippen LogP contribution < -0.4 is 11.1 Å². The second-order valence-electron chi connectivity index (χ2n) is 5.97. The Kier molecular flexibility index (Phi) is 3.92. The van der Waals surface area contributed by atoms with E-state index in [9.17, 15) is 4.79 Å². The van der Waals surface area contributed by atoms with Crippen molar-refractivity contribution in [2.75, 3.05) is 13.1 Å². The number of nitrogens with one attached hydrogen (secondary N) is 1. The number of primary amides is 1. The first-order valence-electron chi connectivity index (χ1n) is 7.59. The quantitative estimate of drug-likeness (QED) is 0.861. The smallest absolute Gasteiger partial charge is 0.314 e. The van der Waals surface area contributed by atoms with Crippen molar-refractivity contribution in [3.8, 4) is 0 Å². The molecule has 2 amide bonds. The Hall–Kier alpha value is -1.55. The Morgan fingerprint density at radius 2 is 1.80 bits per heavy atom. The van der Waals surface area contributed by atoms with Gasteiger partial charge in [-0.1, -0.05) is 24.3 Å². The van der Waals surface area contributed by atoms with E-state index in [1.807, 2.05) is 0 Å². The molecule has 4 heteroatoms. The van der Waals surface area contributed by atoms with Crippen molar-refractivity contribution in [2.45, 2.75) is 44.2 Å². The molecule has 3 N–H and O–H groups in total. The van der Waals surface area contributed by atoms with Crippen LogP contribution in [0.15, 0.2) is 24.3 Å². The fourth-order valence-corrected chi connectivity index (χ4v) is 3.44. The highest BCUT2D eigenvalue weighted by atomic mass is 16.2. The summed E-state index contributed by atoms with van der Waals surface area (Å²) in [7, 11) is 0. The zero-order chi connectivity index (χ0) is 13.9. The van der Waals surface area contributed by atoms with Crippen LogP contribution in [0.3, 0.4) is 0 Å². The first-order chi connectivity index (χ1) is 9.72. The van der Waals surface area contributed by atoms with Crippen LogP contribution >= 0.6 is 0 Å². The molecular formula is C16H23N3O. The summed E-state index contributed by atoms with van der Waals surface area (Å²) in [6.45, 7) is 1.58. The van der Waals surface area contributed by atoms with Gasteiger partial charge in [-0.05, 0) is 43.2 Å². The van der Waals surface area contributed by atoms with Gasteiger partial charge < -0.3 is 16.0 Å². The van der Waals surface area contributed by atoms with Gasteiger partial charge in [0, 0.05) is 25.2 Å². The molecule has 4 nitrogen and oxygen atoms in total. The molecule has 0 aromatic heterocycles. The number of amides is 2. The van der Waals surface area contributed by atoms with Gasteiger partial charge in [0.2, 0.25) is 0 Å². The second-order valence-corrected chi connectivity index (χ2v) is 5.97. The van der Waals surface area contributed by atoms with Gasteiger partial charge in [-0.15, -0.1) is 0 Å². The van der Waals surface area contributed by atoms with Crippen LogP contribution in [-0.2, 0) is 12.8 Å². The van der Waals surface area contributed by atoms with Crippen molar-refractivity contribution < 1.29 is 4.79 Å². The van der Waals surface area contributed by atoms with Crippen molar-refractivity contribution in [1.29, 1.82) is 0 Å². The summed E-state index contributed by atoms with van der Waals surface area (Å²) < 4.78 is 0. The van der Waals surface area contributed by atoms with Gasteiger partial charge >= 0.3 is 6.03 Å². The van der Waals surface area contributed by atoms with Gasteiger partial charge in [0.1, 0.15) is 0 Å². The Labute approximate surface area is 120 Å². The molecule has 108 valence electrons. The number of nitrogens with two attached hydrogens (primary N) is 1. The number of piperidine rings is 1. The van der Waals surface area contributed by atoms with E-state index in [-0.39, 0.29) is 6.03 Å². The molecule has 1 fully saturated rings. The standard InChI is InChI=1S/C16H23N3O/c17-16(20)19-9-7-14(8-10-19)18-15-6-5-12-3-1-2-4-13(12)11-15/h1-4,14-15,18H,5-11H2,(H2,17,20). The number of hydrogen-bond acceptors (Lipinski definition) is 2. The minimum atomic E-state index is -0.282. The summed E-state index contributed by atoms with van der Waals surface area (Å²) in [6, 6.07) is 9.58. The van der Waals surface area contributed by atoms with Crippen LogP contribution in [0.2, 0.25) is 0 Å². The number of fused-ring (bicyclic) bond motifs is 1. The third-order valence-corrected chi connectivity index (χ3v) is 4.62. The first-order valence-corrected chi connectivity index (χ1v) is 7.59. The molecule has 1 aromatic carbocycles. The maximum Gasteiger partial charge on any atom is 0.314 e. The Morgan fingerprint density at radius 3 is 2.50 bits per heavy atom. The minimum Gasteiger partial charge on any atom is -0.351 e. The lowest BCUT2D eigenvalue weighted by molar-refractivity contribution is 0.181. The summed E-state index contributed by atoms with van der Waals surface area (Å²) >= 11 is 0. The maximum absolute atomic E-state index is 11.1. The molecule has 1 aromatic rings. The second kappa shape index (κ2) is 5.83. The lowest BCUT2D eigenvalue weighted by Gasteiger charge is -2.35. The molecule has 1 unspecified atom stereocenters. The van der Waals surface area contributed by atoms with Crippen molar-refractivity contribution in [3.05, 3.63) is 35.4 Å². The van der Waals surface area contributed by atoms with Crippen LogP contribution in [0, 0.1) is 0 Å². The average Bonchev–Trinajstić information content (AvgIpc) is 2.48. The SMILES string of the molecule is NC(=O)N1CCC(NC2CCc3ccccc3C2)CC1. The van der Waals surface area contributed by atoms with Crippen molar-refractivity contribution in [2.24, 2.45) is 5.73 Å². The highest BCUT2D eigenvalue weighted by Gasteiger charge is 2.25. The topological polar surface area (TPSA) is 58.4 Å². The fourth-order valence-electron chi connectivity index (χ4n) is 3.44. The third kappa shape index (κ3) is 2.96. The fraction of sp³-hybridized carbons (Fsp3) is 0.562. The molecule has 1 aliphatic heterocycles. The number of benzene rings is 1. The summed E-state index contributed by atoms with van der Waals surface area (Å²) in [6.07, 6.45) is 5.55. The molecule has 1 saturated heterocycles. The maximum atomic E-state index is 11.1. The van der Waals surface area contributed by atoms with E-state index >= 15 is 0 Å². The Balaban J connectivity index is 1.52. The predicted molar refractivity (Wildman–Crippen MR) is 79.6 cm³/mol. The van der Waals surface area contributed by atoms with E-state index in [2.05, 4.69) is 29.6 Å². The molecule has 1 atom stereocenters. The number of carbonyl (C=O) groups excluding carboxylic acids is 1. The number of carbonyl (C=O) groups is 1. The van der Waals surface area contributed by atoms with Crippen LogP contribution in [0.1, 0.15) is 30.4 Å². The first kappa shape index (κ1) is 13.4. The molecule has 0 radical (unpaired) electrons. The number of rotatable bonds is 2. The highest BCUT2D eigenvalue weighted by molar-refractivity contribution is 5.72. The Morgan fingerprint density at radius 1 is 1.10 bits per heavy atom. The van der Waals surface area contributed by atoms with Gasteiger partial charge in [-0.2, -0.15) is 0 Å². The van der Waals surface area contributed by atoms with Crippen molar-refractivity contribution >= 4 is 6.03 Å². The monoisotopic (exact) mass is 273 g/mol. The van der Waals surface area contributed by atoms with E-state index in [0.717, 1.165) is 32.4 Å². The van der Waals surface area contributed by atoms with Crippen molar-refractivity contribution in [1.82, 2.24) is 10.2 Å². The molecule has 1 aliphatic carbocycles. The van der Waals surface area contributed by atoms with Gasteiger partial charge in [-0.3, -0.25) is 0 Å². The van der Waals surface area contributed by atoms with Crippen LogP contribution in [0.25, 0.3) is 0 Å². The molecule has 0 saturated carbocycles. The Bertz CT molecular complexity index is 480. The molecule has 1 heterocycles. The summed E-state index contributed by atoms with van der Waals surface area (Å²) in [5, 5.41) is 3.78. The van der Waals surface area contributed by atoms with Gasteiger partial charge in [0.25, 0.3) is 0 Å². The lowest BCUT2D eigenvalue weighted by atomic mass is 9.87. The number of nitrogens with zero attached hydrogens (tertiary/aromatic N) is 1. The molecule has 0 spiro atoms. The number of likely N-dealkylation sites (tertiary alicyclic amines) is 1. The highest BCUT2D eigenvalue weighted by Crippen LogP contribution is 2.22. The zero-order valence-electron chi connectivity index (χ0n) is 11.8. The van der Waals surface area contributed by atoms with Crippen molar-refractivity contribution in [3.63, 3.8) is 0 Å². The average molecular weight is 273 g/mol. The minimum absolute atomic E-state index is 0.282. The lowest BCUT2D eigenvalue weighted by Crippen LogP contribution is -2.50. The van der Waals surface area contributed by atoms with E-state index in [0.29, 0.717) is 12.1 Å². The molecule has 2 aliphatic rings. The van der Waals surface area contributed by atoms with Crippen LogP contribution in [-0.4, -0.2) is 36.1 Å². The largest absolute Gasteiger partial charge is 0.351 e. The predicted octanol–water partition coefficient (Wildman–Crippen LogP) is 1.68. The van der Waals surface area contributed by atoms with Gasteiger partial charge in [0.05, 0.1) is 0 Å². The van der Waals surface area contributed by atoms with E-state index in [1.54, 1.807) is 4.90 Å². The van der Waals surface area contributed by atoms with E-state index in [4.69, 9.17) is 5.73 Å². The van der Waals surface area contributed by atoms with Crippen LogP contribution in [0.4, 0.5) is 4.79 Å². The molecule has 3 rings (SSSR count). The van der Waals surface area contributed by atoms with Crippen LogP contribution in [0.5, 0.6) is 0 Å². The number of aryl methyl sites for hydroxylation is 1. The molecule has 0 bridgehead atoms. The molecule has 20 heavy (non-hydrogen) atoms. The van der Waals surface area contributed by atoms with Gasteiger partial charge in [-0.25, -0.2) is 4.79 Å². The zero-order valence-corrected chi connectivity index (χ0v) is 11.8. The number of urea groups is 1. The summed E-state index contributed by atoms with van der Waals surface area (Å²) in [5.41, 5.74) is 8.32. The van der Waals surface area contributed by atoms with E-state index in [1.165, 1.54) is 24.0 Å².